The van der Waals surface area contributed by atoms with Crippen LogP contribution in [0.5, 0.6) is 0 Å². The van der Waals surface area contributed by atoms with Crippen molar-refractivity contribution in [3.05, 3.63) is 63.7 Å². The highest BCUT2D eigenvalue weighted by Crippen LogP contribution is 2.25. The number of hydrogen-bond acceptors (Lipinski definition) is 4. The van der Waals surface area contributed by atoms with Crippen LogP contribution in [0.15, 0.2) is 41.3 Å². The molecule has 0 atom stereocenters. The molecule has 1 N–H and O–H groups in total. The van der Waals surface area contributed by atoms with Crippen molar-refractivity contribution in [2.24, 2.45) is 0 Å². The Balaban J connectivity index is 1.70. The van der Waals surface area contributed by atoms with E-state index < -0.39 is 21.8 Å². The number of nitrogens with one attached hydrogen (secondary N) is 1. The summed E-state index contributed by atoms with van der Waals surface area (Å²) in [5, 5.41) is 0.363. The van der Waals surface area contributed by atoms with Gasteiger partial charge in [-0.1, -0.05) is 29.3 Å². The molecule has 1 heterocycles. The van der Waals surface area contributed by atoms with Crippen molar-refractivity contribution >= 4 is 33.4 Å². The van der Waals surface area contributed by atoms with Gasteiger partial charge < -0.3 is 0 Å². The number of aryl methyl sites for hydroxylation is 2. The fraction of sp³-hybridized carbons (Fsp3) is 0.222. The number of fused-ring (bicyclic) bond motifs is 1. The van der Waals surface area contributed by atoms with Crippen LogP contribution in [0.1, 0.15) is 31.8 Å². The lowest BCUT2D eigenvalue weighted by Gasteiger charge is -2.15. The molecule has 0 radical (unpaired) electrons. The second kappa shape index (κ2) is 6.83. The van der Waals surface area contributed by atoms with Gasteiger partial charge in [0.2, 0.25) is 10.0 Å². The molecule has 136 valence electrons. The molecule has 1 aliphatic rings. The van der Waals surface area contributed by atoms with Crippen molar-refractivity contribution in [1.82, 2.24) is 9.62 Å². The minimum atomic E-state index is -3.73. The summed E-state index contributed by atoms with van der Waals surface area (Å²) in [5.41, 5.74) is 2.11. The highest BCUT2D eigenvalue weighted by molar-refractivity contribution is 7.89. The number of nitrogens with zero attached hydrogens (tertiary/aromatic N) is 1. The third-order valence-electron chi connectivity index (χ3n) is 4.18. The number of halogens is 1. The van der Waals surface area contributed by atoms with E-state index in [4.69, 9.17) is 11.6 Å². The molecule has 0 saturated carbocycles. The van der Waals surface area contributed by atoms with Crippen LogP contribution >= 0.6 is 11.6 Å². The molecule has 2 aromatic rings. The van der Waals surface area contributed by atoms with Crippen molar-refractivity contribution in [2.45, 2.75) is 18.7 Å². The van der Waals surface area contributed by atoms with Gasteiger partial charge in [0.1, 0.15) is 0 Å². The molecule has 6 nitrogen and oxygen atoms in total. The Bertz CT molecular complexity index is 1020. The molecule has 0 unspecified atom stereocenters. The van der Waals surface area contributed by atoms with Crippen molar-refractivity contribution in [3.8, 4) is 0 Å². The first kappa shape index (κ1) is 18.6. The van der Waals surface area contributed by atoms with Gasteiger partial charge in [0.05, 0.1) is 16.0 Å². The van der Waals surface area contributed by atoms with Gasteiger partial charge in [0.25, 0.3) is 11.8 Å². The SMILES string of the molecule is Cc1ccc(S(=O)(=O)NCCN2C(=O)c3ccc(Cl)cc3C2=O)c(C)c1. The number of imide groups is 1. The van der Waals surface area contributed by atoms with Crippen molar-refractivity contribution in [1.29, 1.82) is 0 Å². The molecule has 8 heteroatoms. The molecule has 0 aromatic heterocycles. The average Bonchev–Trinajstić information content (AvgIpc) is 2.78. The summed E-state index contributed by atoms with van der Waals surface area (Å²) in [5.74, 6) is -0.925. The first-order valence-electron chi connectivity index (χ1n) is 7.93. The zero-order valence-electron chi connectivity index (χ0n) is 14.2. The molecule has 3 rings (SSSR count). The monoisotopic (exact) mass is 392 g/mol. The van der Waals surface area contributed by atoms with Crippen LogP contribution in [0.4, 0.5) is 0 Å². The second-order valence-electron chi connectivity index (χ2n) is 6.12. The summed E-state index contributed by atoms with van der Waals surface area (Å²) in [6.45, 7) is 3.46. The normalized spacial score (nSPS) is 14.0. The van der Waals surface area contributed by atoms with E-state index in [9.17, 15) is 18.0 Å². The summed E-state index contributed by atoms with van der Waals surface area (Å²) >= 11 is 5.87. The lowest BCUT2D eigenvalue weighted by atomic mass is 10.1. The average molecular weight is 393 g/mol. The van der Waals surface area contributed by atoms with Crippen LogP contribution in [0.2, 0.25) is 5.02 Å². The Labute approximate surface area is 156 Å². The first-order chi connectivity index (χ1) is 12.2. The maximum Gasteiger partial charge on any atom is 0.261 e. The zero-order chi connectivity index (χ0) is 19.1. The van der Waals surface area contributed by atoms with Crippen LogP contribution in [-0.2, 0) is 10.0 Å². The lowest BCUT2D eigenvalue weighted by molar-refractivity contribution is 0.0657. The summed E-state index contributed by atoms with van der Waals surface area (Å²) < 4.78 is 27.3. The number of amides is 2. The van der Waals surface area contributed by atoms with Crippen LogP contribution < -0.4 is 4.72 Å². The Morgan fingerprint density at radius 1 is 1.00 bits per heavy atom. The Morgan fingerprint density at radius 2 is 1.69 bits per heavy atom. The maximum atomic E-state index is 12.4. The fourth-order valence-electron chi connectivity index (χ4n) is 2.94. The van der Waals surface area contributed by atoms with E-state index in [1.165, 1.54) is 24.3 Å². The zero-order valence-corrected chi connectivity index (χ0v) is 15.8. The highest BCUT2D eigenvalue weighted by atomic mass is 35.5. The number of sulfonamides is 1. The number of hydrogen-bond donors (Lipinski definition) is 1. The maximum absolute atomic E-state index is 12.4. The van der Waals surface area contributed by atoms with Gasteiger partial charge in [-0.15, -0.1) is 0 Å². The largest absolute Gasteiger partial charge is 0.273 e. The van der Waals surface area contributed by atoms with Gasteiger partial charge >= 0.3 is 0 Å². The van der Waals surface area contributed by atoms with E-state index in [-0.39, 0.29) is 29.1 Å². The molecule has 0 aliphatic carbocycles. The molecular weight excluding hydrogens is 376 g/mol. The van der Waals surface area contributed by atoms with Crippen molar-refractivity contribution < 1.29 is 18.0 Å². The molecule has 1 aliphatic heterocycles. The number of carbonyl (C=O) groups excluding carboxylic acids is 2. The summed E-state index contributed by atoms with van der Waals surface area (Å²) in [6, 6.07) is 9.52. The number of rotatable bonds is 5. The van der Waals surface area contributed by atoms with E-state index >= 15 is 0 Å². The first-order valence-corrected chi connectivity index (χ1v) is 9.79. The van der Waals surface area contributed by atoms with Crippen LogP contribution in [0, 0.1) is 13.8 Å². The van der Waals surface area contributed by atoms with Gasteiger partial charge in [-0.2, -0.15) is 0 Å². The lowest BCUT2D eigenvalue weighted by Crippen LogP contribution is -2.38. The molecule has 2 aromatic carbocycles. The van der Waals surface area contributed by atoms with Gasteiger partial charge in [0.15, 0.2) is 0 Å². The van der Waals surface area contributed by atoms with E-state index in [2.05, 4.69) is 4.72 Å². The Kier molecular flexibility index (Phi) is 4.88. The summed E-state index contributed by atoms with van der Waals surface area (Å²) in [4.78, 5) is 25.9. The standard InChI is InChI=1S/C18H17ClN2O4S/c1-11-3-6-16(12(2)9-11)26(24,25)20-7-8-21-17(22)14-5-4-13(19)10-15(14)18(21)23/h3-6,9-10,20H,7-8H2,1-2H3. The van der Waals surface area contributed by atoms with E-state index in [0.717, 1.165) is 10.5 Å². The molecular formula is C18H17ClN2O4S. The van der Waals surface area contributed by atoms with Crippen LogP contribution in [-0.4, -0.2) is 38.2 Å². The quantitative estimate of drug-likeness (QED) is 0.792. The van der Waals surface area contributed by atoms with E-state index in [1.54, 1.807) is 19.1 Å². The highest BCUT2D eigenvalue weighted by Gasteiger charge is 2.35. The second-order valence-corrected chi connectivity index (χ2v) is 8.29. The fourth-order valence-corrected chi connectivity index (χ4v) is 4.35. The Hall–Kier alpha value is -2.22. The van der Waals surface area contributed by atoms with Gasteiger partial charge in [-0.25, -0.2) is 13.1 Å². The van der Waals surface area contributed by atoms with Crippen molar-refractivity contribution in [3.63, 3.8) is 0 Å². The van der Waals surface area contributed by atoms with Crippen molar-refractivity contribution in [2.75, 3.05) is 13.1 Å². The molecule has 0 bridgehead atoms. The molecule has 0 fully saturated rings. The van der Waals surface area contributed by atoms with Gasteiger partial charge in [-0.3, -0.25) is 14.5 Å². The summed E-state index contributed by atoms with van der Waals surface area (Å²) in [7, 11) is -3.73. The van der Waals surface area contributed by atoms with Gasteiger partial charge in [0, 0.05) is 18.1 Å². The van der Waals surface area contributed by atoms with Crippen LogP contribution in [0.3, 0.4) is 0 Å². The minimum absolute atomic E-state index is 0.0614. The molecule has 2 amide bonds. The summed E-state index contributed by atoms with van der Waals surface area (Å²) in [6.07, 6.45) is 0. The smallest absolute Gasteiger partial charge is 0.261 e. The molecule has 0 saturated heterocycles. The third kappa shape index (κ3) is 3.38. The topological polar surface area (TPSA) is 83.6 Å². The minimum Gasteiger partial charge on any atom is -0.273 e. The number of carbonyl (C=O) groups is 2. The van der Waals surface area contributed by atoms with Gasteiger partial charge in [-0.05, 0) is 43.7 Å². The van der Waals surface area contributed by atoms with E-state index in [1.807, 2.05) is 6.92 Å². The molecule has 0 spiro atoms. The third-order valence-corrected chi connectivity index (χ3v) is 6.04. The van der Waals surface area contributed by atoms with E-state index in [0.29, 0.717) is 10.6 Å². The Morgan fingerprint density at radius 3 is 2.38 bits per heavy atom. The predicted octanol–water partition coefficient (Wildman–Crippen LogP) is 2.53. The molecule has 26 heavy (non-hydrogen) atoms. The number of benzene rings is 2. The predicted molar refractivity (Wildman–Crippen MR) is 97.9 cm³/mol. The van der Waals surface area contributed by atoms with Crippen LogP contribution in [0.25, 0.3) is 0 Å².